The van der Waals surface area contributed by atoms with Gasteiger partial charge in [0.25, 0.3) is 0 Å². The Kier molecular flexibility index (Phi) is 6.52. The second-order valence-corrected chi connectivity index (χ2v) is 13.7. The Morgan fingerprint density at radius 2 is 1.71 bits per heavy atom. The summed E-state index contributed by atoms with van der Waals surface area (Å²) < 4.78 is 30.3. The van der Waals surface area contributed by atoms with Crippen LogP contribution in [0.1, 0.15) is 23.2 Å². The van der Waals surface area contributed by atoms with Gasteiger partial charge in [-0.1, -0.05) is 18.2 Å². The lowest BCUT2D eigenvalue weighted by Crippen LogP contribution is -2.80. The third-order valence-corrected chi connectivity index (χ3v) is 12.6. The number of rotatable bonds is 7. The Morgan fingerprint density at radius 1 is 1.00 bits per heavy atom. The highest BCUT2D eigenvalue weighted by Gasteiger charge is 2.91. The van der Waals surface area contributed by atoms with Crippen LogP contribution in [0.3, 0.4) is 0 Å². The Hall–Kier alpha value is -1.67. The summed E-state index contributed by atoms with van der Waals surface area (Å²) in [5.74, 6) is -2.96. The van der Waals surface area contributed by atoms with Crippen LogP contribution < -0.4 is 0 Å². The molecule has 0 aromatic heterocycles. The minimum atomic E-state index is -1.86. The Morgan fingerprint density at radius 3 is 2.33 bits per heavy atom. The van der Waals surface area contributed by atoms with Crippen molar-refractivity contribution in [1.82, 2.24) is 4.90 Å². The minimum Gasteiger partial charge on any atom is -0.455 e. The topological polar surface area (TPSA) is 147 Å². The molecular weight excluding hydrogens is 546 g/mol. The molecule has 1 aliphatic heterocycles. The maximum absolute atomic E-state index is 13.5. The quantitative estimate of drug-likeness (QED) is 0.311. The summed E-state index contributed by atoms with van der Waals surface area (Å²) in [6.07, 6.45) is -5.28. The van der Waals surface area contributed by atoms with Crippen LogP contribution in [-0.2, 0) is 23.7 Å². The molecule has 1 aromatic rings. The van der Waals surface area contributed by atoms with Crippen molar-refractivity contribution in [1.29, 1.82) is 0 Å². The second-order valence-electron chi connectivity index (χ2n) is 13.7. The third-order valence-electron chi connectivity index (χ3n) is 12.6. The van der Waals surface area contributed by atoms with Gasteiger partial charge in [-0.15, -0.1) is 0 Å². The molecule has 1 aromatic carbocycles. The molecule has 7 bridgehead atoms. The number of benzene rings is 1. The highest BCUT2D eigenvalue weighted by Crippen LogP contribution is 2.80. The van der Waals surface area contributed by atoms with Crippen LogP contribution in [0.25, 0.3) is 0 Å². The molecule has 6 aliphatic rings. The van der Waals surface area contributed by atoms with Crippen molar-refractivity contribution in [2.24, 2.45) is 34.5 Å². The van der Waals surface area contributed by atoms with Gasteiger partial charge in [-0.2, -0.15) is 0 Å². The number of carbonyl (C=O) groups excluding carboxylic acids is 1. The molecule has 0 amide bonds. The van der Waals surface area contributed by atoms with Crippen molar-refractivity contribution in [3.05, 3.63) is 35.9 Å². The Labute approximate surface area is 245 Å². The van der Waals surface area contributed by atoms with E-state index >= 15 is 0 Å². The van der Waals surface area contributed by atoms with E-state index in [2.05, 4.69) is 4.90 Å². The number of likely N-dealkylation sites (tertiary alicyclic amines) is 1. The molecule has 6 fully saturated rings. The molecule has 15 atom stereocenters. The number of esters is 1. The van der Waals surface area contributed by atoms with Gasteiger partial charge in [0.05, 0.1) is 30.5 Å². The van der Waals surface area contributed by atoms with E-state index in [1.54, 1.807) is 51.7 Å². The second kappa shape index (κ2) is 9.42. The van der Waals surface area contributed by atoms with Gasteiger partial charge in [0.15, 0.2) is 0 Å². The predicted molar refractivity (Wildman–Crippen MR) is 146 cm³/mol. The van der Waals surface area contributed by atoms with Crippen LogP contribution in [0, 0.1) is 34.5 Å². The fourth-order valence-corrected chi connectivity index (χ4v) is 11.8. The molecule has 232 valence electrons. The zero-order chi connectivity index (χ0) is 30.0. The molecule has 11 heteroatoms. The summed E-state index contributed by atoms with van der Waals surface area (Å²) in [5.41, 5.74) is -4.81. The smallest absolute Gasteiger partial charge is 0.338 e. The normalized spacial score (nSPS) is 53.7. The maximum Gasteiger partial charge on any atom is 0.338 e. The molecule has 11 unspecified atom stereocenters. The summed E-state index contributed by atoms with van der Waals surface area (Å²) in [6, 6.07) is 8.22. The number of aliphatic hydroxyl groups is 4. The average molecular weight is 590 g/mol. The maximum atomic E-state index is 13.5. The molecule has 5 aliphatic carbocycles. The largest absolute Gasteiger partial charge is 0.455 e. The lowest BCUT2D eigenvalue weighted by Gasteiger charge is -2.69. The van der Waals surface area contributed by atoms with Gasteiger partial charge in [-0.25, -0.2) is 4.79 Å². The van der Waals surface area contributed by atoms with Gasteiger partial charge in [0.2, 0.25) is 0 Å². The number of nitrogens with zero attached hydrogens (tertiary/aromatic N) is 1. The highest BCUT2D eigenvalue weighted by atomic mass is 16.6. The fourth-order valence-electron chi connectivity index (χ4n) is 11.8. The van der Waals surface area contributed by atoms with E-state index < -0.39 is 82.4 Å². The number of methoxy groups -OCH3 is 4. The lowest BCUT2D eigenvalue weighted by atomic mass is 9.42. The molecule has 42 heavy (non-hydrogen) atoms. The van der Waals surface area contributed by atoms with E-state index in [4.69, 9.17) is 23.7 Å². The van der Waals surface area contributed by atoms with Crippen molar-refractivity contribution >= 4 is 5.97 Å². The lowest BCUT2D eigenvalue weighted by molar-refractivity contribution is -0.318. The first kappa shape index (κ1) is 29.1. The van der Waals surface area contributed by atoms with Crippen LogP contribution in [0.5, 0.6) is 0 Å². The van der Waals surface area contributed by atoms with Crippen molar-refractivity contribution in [3.8, 4) is 0 Å². The molecule has 1 saturated heterocycles. The predicted octanol–water partition coefficient (Wildman–Crippen LogP) is -0.313. The first-order chi connectivity index (χ1) is 20.0. The average Bonchev–Trinajstić information content (AvgIpc) is 3.37. The van der Waals surface area contributed by atoms with Gasteiger partial charge >= 0.3 is 5.97 Å². The van der Waals surface area contributed by atoms with Crippen molar-refractivity contribution in [2.45, 2.75) is 66.7 Å². The van der Waals surface area contributed by atoms with Gasteiger partial charge in [0, 0.05) is 76.0 Å². The molecule has 5 saturated carbocycles. The molecule has 4 N–H and O–H groups in total. The summed E-state index contributed by atoms with van der Waals surface area (Å²) in [4.78, 5) is 15.7. The monoisotopic (exact) mass is 589 g/mol. The summed E-state index contributed by atoms with van der Waals surface area (Å²) in [5, 5.41) is 49.4. The number of aliphatic hydroxyl groups excluding tert-OH is 2. The van der Waals surface area contributed by atoms with Crippen LogP contribution in [0.15, 0.2) is 30.3 Å². The zero-order valence-electron chi connectivity index (χ0n) is 24.8. The third kappa shape index (κ3) is 3.05. The zero-order valence-corrected chi connectivity index (χ0v) is 24.8. The Balaban J connectivity index is 1.47. The van der Waals surface area contributed by atoms with Gasteiger partial charge in [0.1, 0.15) is 29.5 Å². The van der Waals surface area contributed by atoms with Gasteiger partial charge in [-0.05, 0) is 31.5 Å². The van der Waals surface area contributed by atoms with Gasteiger partial charge < -0.3 is 49.0 Å². The number of ether oxygens (including phenoxy) is 5. The first-order valence-electron chi connectivity index (χ1n) is 14.9. The molecule has 11 nitrogen and oxygen atoms in total. The molecular formula is C31H43NO10. The van der Waals surface area contributed by atoms with Crippen LogP contribution in [0.2, 0.25) is 0 Å². The summed E-state index contributed by atoms with van der Waals surface area (Å²) in [7, 11) is 8.22. The van der Waals surface area contributed by atoms with E-state index in [1.165, 1.54) is 7.11 Å². The number of hydrogen-bond donors (Lipinski definition) is 4. The highest BCUT2D eigenvalue weighted by molar-refractivity contribution is 5.89. The number of carbonyl (C=O) groups is 1. The first-order valence-corrected chi connectivity index (χ1v) is 14.9. The minimum absolute atomic E-state index is 0.102. The standard InChI is InChI=1S/C31H43NO10/c1-32-13-28(14-38-2)17(33)11-18(39-3)30-16-12-29(36)25(42-27(35)15-9-7-6-8-10-15)19(16)31(37,24(34)26(29)41-5)20(23(30)32)21(40-4)22(28)30/h6-10,16-26,33-34,36-37H,11-14H2,1-5H3/t16?,17?,18?,19?,20?,21?,22?,23?,24?,25?,26?,28-,29+,30-,31+/m0/s1. The van der Waals surface area contributed by atoms with E-state index in [-0.39, 0.29) is 25.0 Å². The van der Waals surface area contributed by atoms with Crippen molar-refractivity contribution in [2.75, 3.05) is 48.6 Å². The fraction of sp³-hybridized carbons (Fsp3) is 0.774. The number of piperidine rings is 1. The number of fused-ring (bicyclic) bond motifs is 2. The van der Waals surface area contributed by atoms with E-state index in [1.807, 2.05) is 7.05 Å². The van der Waals surface area contributed by atoms with Crippen LogP contribution >= 0.6 is 0 Å². The SMILES string of the molecule is COC[C@]12CN(C)C3C4C(OC)C1[C@@]3(C(OC)CC2O)C1C[C@]2(O)C(OC)C(O)[C@@]4(O)C1C2OC(=O)c1ccccc1. The van der Waals surface area contributed by atoms with Crippen molar-refractivity contribution in [3.63, 3.8) is 0 Å². The summed E-state index contributed by atoms with van der Waals surface area (Å²) >= 11 is 0. The van der Waals surface area contributed by atoms with E-state index in [9.17, 15) is 25.2 Å². The van der Waals surface area contributed by atoms with Gasteiger partial charge in [-0.3, -0.25) is 0 Å². The molecule has 1 heterocycles. The van der Waals surface area contributed by atoms with Crippen LogP contribution in [0.4, 0.5) is 0 Å². The number of hydrogen-bond acceptors (Lipinski definition) is 11. The van der Waals surface area contributed by atoms with Crippen LogP contribution in [-0.4, -0.2) is 134 Å². The summed E-state index contributed by atoms with van der Waals surface area (Å²) in [6.45, 7) is 0.760. The molecule has 7 rings (SSSR count). The van der Waals surface area contributed by atoms with E-state index in [0.29, 0.717) is 18.5 Å². The molecule has 0 radical (unpaired) electrons. The van der Waals surface area contributed by atoms with E-state index in [0.717, 1.165) is 0 Å². The molecule has 1 spiro atoms. The van der Waals surface area contributed by atoms with Crippen molar-refractivity contribution < 1.29 is 48.9 Å². The Bertz CT molecular complexity index is 1240.